The highest BCUT2D eigenvalue weighted by molar-refractivity contribution is 5.77. The summed E-state index contributed by atoms with van der Waals surface area (Å²) in [5.74, 6) is 0.615. The summed E-state index contributed by atoms with van der Waals surface area (Å²) in [4.78, 5) is 7.01. The number of rotatable bonds is 5. The highest BCUT2D eigenvalue weighted by Gasteiger charge is 2.17. The van der Waals surface area contributed by atoms with Crippen molar-refractivity contribution in [1.29, 1.82) is 0 Å². The van der Waals surface area contributed by atoms with E-state index in [4.69, 9.17) is 5.73 Å². The second kappa shape index (κ2) is 5.44. The Balaban J connectivity index is 1.77. The van der Waals surface area contributed by atoms with E-state index in [0.29, 0.717) is 5.95 Å². The smallest absolute Gasteiger partial charge is 0.202 e. The highest BCUT2D eigenvalue weighted by Crippen LogP contribution is 2.21. The molecule has 0 unspecified atom stereocenters. The lowest BCUT2D eigenvalue weighted by molar-refractivity contribution is 0.326. The summed E-state index contributed by atoms with van der Waals surface area (Å²) in [6.07, 6.45) is 3.81. The molecule has 6 nitrogen and oxygen atoms in total. The molecule has 0 spiro atoms. The van der Waals surface area contributed by atoms with Crippen molar-refractivity contribution >= 4 is 17.1 Å². The molecule has 1 aliphatic heterocycles. The van der Waals surface area contributed by atoms with Crippen LogP contribution in [0.1, 0.15) is 31.9 Å². The van der Waals surface area contributed by atoms with Gasteiger partial charge in [-0.05, 0) is 52.7 Å². The average Bonchev–Trinajstić information content (AvgIpc) is 3.11. The Morgan fingerprint density at radius 3 is 2.65 bits per heavy atom. The minimum atomic E-state index is 0.615. The number of imidazole rings is 1. The molecular weight excluding hydrogens is 252 g/mol. The van der Waals surface area contributed by atoms with E-state index < -0.39 is 0 Å². The van der Waals surface area contributed by atoms with Crippen LogP contribution < -0.4 is 5.73 Å². The van der Waals surface area contributed by atoms with Gasteiger partial charge >= 0.3 is 0 Å². The van der Waals surface area contributed by atoms with Crippen LogP contribution in [-0.4, -0.2) is 43.9 Å². The number of nitrogens with zero attached hydrogens (tertiary/aromatic N) is 5. The first kappa shape index (κ1) is 13.4. The van der Waals surface area contributed by atoms with E-state index in [9.17, 15) is 0 Å². The molecule has 2 aromatic heterocycles. The monoisotopic (exact) mass is 276 g/mol. The number of likely N-dealkylation sites (tertiary alicyclic amines) is 1. The Labute approximate surface area is 119 Å². The molecule has 20 heavy (non-hydrogen) atoms. The average molecular weight is 276 g/mol. The Hall–Kier alpha value is -1.56. The maximum absolute atomic E-state index is 6.08. The fraction of sp³-hybridized carbons (Fsp3) is 0.714. The fourth-order valence-corrected chi connectivity index (χ4v) is 3.14. The number of anilines is 1. The number of fused-ring (bicyclic) bond motifs is 1. The number of aryl methyl sites for hydroxylation is 3. The molecule has 110 valence electrons. The Morgan fingerprint density at radius 2 is 1.95 bits per heavy atom. The van der Waals surface area contributed by atoms with Crippen LogP contribution in [0.25, 0.3) is 11.2 Å². The Kier molecular flexibility index (Phi) is 3.65. The standard InChI is InChI=1S/C14H24N6/c1-3-20-13-12(11(2)17-20)16-14(15)19(13)10-6-9-18-7-4-5-8-18/h3-10H2,1-2H3,(H2,15,16). The summed E-state index contributed by atoms with van der Waals surface area (Å²) in [5, 5.41) is 4.52. The third kappa shape index (κ3) is 2.28. The quantitative estimate of drug-likeness (QED) is 0.901. The third-order valence-electron chi connectivity index (χ3n) is 4.18. The summed E-state index contributed by atoms with van der Waals surface area (Å²) in [5.41, 5.74) is 9.07. The van der Waals surface area contributed by atoms with Gasteiger partial charge in [0.25, 0.3) is 0 Å². The molecule has 0 saturated carbocycles. The van der Waals surface area contributed by atoms with E-state index in [1.807, 2.05) is 11.6 Å². The zero-order valence-corrected chi connectivity index (χ0v) is 12.5. The van der Waals surface area contributed by atoms with Crippen LogP contribution in [0.4, 0.5) is 5.95 Å². The number of hydrogen-bond acceptors (Lipinski definition) is 4. The first-order chi connectivity index (χ1) is 9.70. The van der Waals surface area contributed by atoms with E-state index in [-0.39, 0.29) is 0 Å². The molecule has 3 heterocycles. The van der Waals surface area contributed by atoms with E-state index in [2.05, 4.69) is 26.5 Å². The maximum atomic E-state index is 6.08. The van der Waals surface area contributed by atoms with Gasteiger partial charge in [-0.15, -0.1) is 0 Å². The van der Waals surface area contributed by atoms with Crippen LogP contribution in [0.3, 0.4) is 0 Å². The van der Waals surface area contributed by atoms with Gasteiger partial charge < -0.3 is 10.6 Å². The largest absolute Gasteiger partial charge is 0.369 e. The van der Waals surface area contributed by atoms with Gasteiger partial charge in [0.2, 0.25) is 5.95 Å². The number of hydrogen-bond donors (Lipinski definition) is 1. The van der Waals surface area contributed by atoms with E-state index in [1.54, 1.807) is 0 Å². The van der Waals surface area contributed by atoms with E-state index in [0.717, 1.165) is 42.9 Å². The van der Waals surface area contributed by atoms with Crippen molar-refractivity contribution in [3.05, 3.63) is 5.69 Å². The van der Waals surface area contributed by atoms with Gasteiger partial charge in [-0.25, -0.2) is 9.67 Å². The molecule has 2 N–H and O–H groups in total. The fourth-order valence-electron chi connectivity index (χ4n) is 3.14. The summed E-state index contributed by atoms with van der Waals surface area (Å²) in [6, 6.07) is 0. The molecule has 1 saturated heterocycles. The van der Waals surface area contributed by atoms with Gasteiger partial charge in [-0.3, -0.25) is 4.57 Å². The lowest BCUT2D eigenvalue weighted by atomic mass is 10.3. The van der Waals surface area contributed by atoms with Gasteiger partial charge in [0.15, 0.2) is 5.65 Å². The molecule has 3 rings (SSSR count). The number of nitrogen functional groups attached to an aromatic ring is 1. The van der Waals surface area contributed by atoms with Gasteiger partial charge in [0.1, 0.15) is 5.52 Å². The molecule has 0 bridgehead atoms. The Morgan fingerprint density at radius 1 is 1.20 bits per heavy atom. The van der Waals surface area contributed by atoms with Crippen LogP contribution in [-0.2, 0) is 13.1 Å². The van der Waals surface area contributed by atoms with Crippen molar-refractivity contribution in [2.24, 2.45) is 0 Å². The van der Waals surface area contributed by atoms with Crippen LogP contribution in [0.2, 0.25) is 0 Å². The third-order valence-corrected chi connectivity index (χ3v) is 4.18. The highest BCUT2D eigenvalue weighted by atomic mass is 15.4. The number of aromatic nitrogens is 4. The molecule has 0 atom stereocenters. The summed E-state index contributed by atoms with van der Waals surface area (Å²) >= 11 is 0. The first-order valence-electron chi connectivity index (χ1n) is 7.62. The van der Waals surface area contributed by atoms with Gasteiger partial charge in [-0.1, -0.05) is 0 Å². The van der Waals surface area contributed by atoms with Crippen LogP contribution in [0.15, 0.2) is 0 Å². The van der Waals surface area contributed by atoms with Crippen LogP contribution in [0, 0.1) is 6.92 Å². The zero-order chi connectivity index (χ0) is 14.1. The summed E-state index contributed by atoms with van der Waals surface area (Å²) < 4.78 is 4.12. The van der Waals surface area contributed by atoms with Gasteiger partial charge in [0, 0.05) is 13.1 Å². The van der Waals surface area contributed by atoms with E-state index in [1.165, 1.54) is 25.9 Å². The lowest BCUT2D eigenvalue weighted by Crippen LogP contribution is -2.22. The van der Waals surface area contributed by atoms with Crippen molar-refractivity contribution in [3.63, 3.8) is 0 Å². The van der Waals surface area contributed by atoms with Crippen molar-refractivity contribution < 1.29 is 0 Å². The zero-order valence-electron chi connectivity index (χ0n) is 12.5. The van der Waals surface area contributed by atoms with Crippen molar-refractivity contribution in [1.82, 2.24) is 24.2 Å². The van der Waals surface area contributed by atoms with E-state index >= 15 is 0 Å². The molecule has 0 aliphatic carbocycles. The van der Waals surface area contributed by atoms with Crippen molar-refractivity contribution in [3.8, 4) is 0 Å². The van der Waals surface area contributed by atoms with Crippen molar-refractivity contribution in [2.75, 3.05) is 25.4 Å². The molecule has 2 aromatic rings. The molecule has 1 fully saturated rings. The second-order valence-electron chi connectivity index (χ2n) is 5.60. The van der Waals surface area contributed by atoms with Crippen LogP contribution >= 0.6 is 0 Å². The van der Waals surface area contributed by atoms with Gasteiger partial charge in [-0.2, -0.15) is 5.10 Å². The molecule has 0 amide bonds. The topological polar surface area (TPSA) is 64.9 Å². The Bertz CT molecular complexity index is 590. The second-order valence-corrected chi connectivity index (χ2v) is 5.60. The summed E-state index contributed by atoms with van der Waals surface area (Å²) in [6.45, 7) is 9.52. The first-order valence-corrected chi connectivity index (χ1v) is 7.62. The minimum absolute atomic E-state index is 0.615. The maximum Gasteiger partial charge on any atom is 0.202 e. The van der Waals surface area contributed by atoms with Crippen LogP contribution in [0.5, 0.6) is 0 Å². The molecule has 0 radical (unpaired) electrons. The SMILES string of the molecule is CCn1nc(C)c2nc(N)n(CCCN3CCCC3)c21. The molecular formula is C14H24N6. The molecule has 0 aromatic carbocycles. The molecule has 6 heteroatoms. The predicted octanol–water partition coefficient (Wildman–Crippen LogP) is 1.63. The summed E-state index contributed by atoms with van der Waals surface area (Å²) in [7, 11) is 0. The lowest BCUT2D eigenvalue weighted by Gasteiger charge is -2.15. The predicted molar refractivity (Wildman–Crippen MR) is 80.6 cm³/mol. The van der Waals surface area contributed by atoms with Crippen molar-refractivity contribution in [2.45, 2.75) is 46.2 Å². The number of nitrogens with two attached hydrogens (primary N) is 1. The minimum Gasteiger partial charge on any atom is -0.369 e. The normalized spacial score (nSPS) is 16.5. The van der Waals surface area contributed by atoms with Gasteiger partial charge in [0.05, 0.1) is 5.69 Å². The molecule has 1 aliphatic rings.